The van der Waals surface area contributed by atoms with E-state index in [-0.39, 0.29) is 0 Å². The van der Waals surface area contributed by atoms with Crippen molar-refractivity contribution in [3.63, 3.8) is 0 Å². The average Bonchev–Trinajstić information content (AvgIpc) is 3.22. The van der Waals surface area contributed by atoms with Crippen LogP contribution < -0.4 is 14.8 Å². The Bertz CT molecular complexity index is 402. The second-order valence-electron chi connectivity index (χ2n) is 5.47. The molecular weight excluding hydrogens is 238 g/mol. The summed E-state index contributed by atoms with van der Waals surface area (Å²) in [5.74, 6) is 2.59. The van der Waals surface area contributed by atoms with E-state index in [9.17, 15) is 0 Å². The van der Waals surface area contributed by atoms with Crippen molar-refractivity contribution >= 4 is 0 Å². The molecule has 106 valence electrons. The zero-order valence-corrected chi connectivity index (χ0v) is 12.2. The number of methoxy groups -OCH3 is 2. The minimum Gasteiger partial charge on any atom is -0.493 e. The molecule has 1 aromatic carbocycles. The normalized spacial score (nSPS) is 16.2. The highest BCUT2D eigenvalue weighted by atomic mass is 16.5. The molecule has 1 atom stereocenters. The molecule has 0 aliphatic heterocycles. The molecule has 1 unspecified atom stereocenters. The summed E-state index contributed by atoms with van der Waals surface area (Å²) in [4.78, 5) is 0. The second kappa shape index (κ2) is 6.80. The number of hydrogen-bond donors (Lipinski definition) is 1. The zero-order chi connectivity index (χ0) is 13.7. The number of rotatable bonds is 8. The number of ether oxygens (including phenoxy) is 2. The highest BCUT2D eigenvalue weighted by Crippen LogP contribution is 2.33. The van der Waals surface area contributed by atoms with Gasteiger partial charge in [-0.15, -0.1) is 0 Å². The maximum Gasteiger partial charge on any atom is 0.160 e. The van der Waals surface area contributed by atoms with Crippen LogP contribution in [0.2, 0.25) is 0 Å². The minimum atomic E-state index is 0.632. The molecule has 1 aromatic rings. The molecule has 3 heteroatoms. The Kier molecular flexibility index (Phi) is 5.08. The third kappa shape index (κ3) is 4.43. The van der Waals surface area contributed by atoms with Crippen molar-refractivity contribution in [1.29, 1.82) is 0 Å². The van der Waals surface area contributed by atoms with E-state index in [2.05, 4.69) is 24.4 Å². The van der Waals surface area contributed by atoms with Crippen LogP contribution in [-0.4, -0.2) is 26.8 Å². The van der Waals surface area contributed by atoms with E-state index >= 15 is 0 Å². The third-order valence-electron chi connectivity index (χ3n) is 3.74. The smallest absolute Gasteiger partial charge is 0.160 e. The predicted molar refractivity (Wildman–Crippen MR) is 78.1 cm³/mol. The summed E-state index contributed by atoms with van der Waals surface area (Å²) in [7, 11) is 3.34. The summed E-state index contributed by atoms with van der Waals surface area (Å²) in [6.07, 6.45) is 5.21. The second-order valence-corrected chi connectivity index (χ2v) is 5.47. The fourth-order valence-corrected chi connectivity index (χ4v) is 2.44. The van der Waals surface area contributed by atoms with E-state index in [1.807, 2.05) is 6.07 Å². The molecular formula is C16H25NO2. The lowest BCUT2D eigenvalue weighted by Crippen LogP contribution is -2.28. The quantitative estimate of drug-likeness (QED) is 0.782. The Morgan fingerprint density at radius 3 is 2.58 bits per heavy atom. The van der Waals surface area contributed by atoms with Gasteiger partial charge in [-0.2, -0.15) is 0 Å². The number of hydrogen-bond acceptors (Lipinski definition) is 3. The van der Waals surface area contributed by atoms with Crippen molar-refractivity contribution in [2.45, 2.75) is 38.6 Å². The van der Waals surface area contributed by atoms with E-state index in [0.29, 0.717) is 6.04 Å². The predicted octanol–water partition coefficient (Wildman–Crippen LogP) is 3.02. The van der Waals surface area contributed by atoms with Crippen molar-refractivity contribution < 1.29 is 9.47 Å². The maximum absolute atomic E-state index is 5.32. The van der Waals surface area contributed by atoms with Crippen molar-refractivity contribution in [1.82, 2.24) is 5.32 Å². The summed E-state index contributed by atoms with van der Waals surface area (Å²) in [6, 6.07) is 6.77. The summed E-state index contributed by atoms with van der Waals surface area (Å²) < 4.78 is 10.6. The highest BCUT2D eigenvalue weighted by Gasteiger charge is 2.23. The van der Waals surface area contributed by atoms with Gasteiger partial charge in [0.25, 0.3) is 0 Å². The molecule has 19 heavy (non-hydrogen) atoms. The van der Waals surface area contributed by atoms with Crippen LogP contribution in [0.1, 0.15) is 31.7 Å². The van der Waals surface area contributed by atoms with Crippen LogP contribution >= 0.6 is 0 Å². The van der Waals surface area contributed by atoms with Gasteiger partial charge in [0, 0.05) is 6.04 Å². The van der Waals surface area contributed by atoms with E-state index in [0.717, 1.165) is 30.4 Å². The van der Waals surface area contributed by atoms with E-state index in [1.165, 1.54) is 24.8 Å². The van der Waals surface area contributed by atoms with Gasteiger partial charge in [-0.3, -0.25) is 0 Å². The molecule has 1 fully saturated rings. The lowest BCUT2D eigenvalue weighted by molar-refractivity contribution is 0.354. The summed E-state index contributed by atoms with van der Waals surface area (Å²) in [6.45, 7) is 3.30. The first-order valence-electron chi connectivity index (χ1n) is 7.17. The summed E-state index contributed by atoms with van der Waals surface area (Å²) >= 11 is 0. The van der Waals surface area contributed by atoms with E-state index in [4.69, 9.17) is 9.47 Å². The van der Waals surface area contributed by atoms with E-state index in [1.54, 1.807) is 14.2 Å². The summed E-state index contributed by atoms with van der Waals surface area (Å²) in [5, 5.41) is 3.60. The Morgan fingerprint density at radius 1 is 1.21 bits per heavy atom. The molecule has 1 aliphatic carbocycles. The first-order chi connectivity index (χ1) is 9.22. The topological polar surface area (TPSA) is 30.5 Å². The molecule has 2 rings (SSSR count). The number of benzene rings is 1. The van der Waals surface area contributed by atoms with Gasteiger partial charge in [-0.1, -0.05) is 18.9 Å². The van der Waals surface area contributed by atoms with Crippen molar-refractivity contribution in [2.24, 2.45) is 5.92 Å². The maximum atomic E-state index is 5.32. The lowest BCUT2D eigenvalue weighted by Gasteiger charge is -2.14. The van der Waals surface area contributed by atoms with Crippen LogP contribution in [0, 0.1) is 5.92 Å². The van der Waals surface area contributed by atoms with Crippen LogP contribution in [0.25, 0.3) is 0 Å². The standard InChI is InChI=1S/C16H25NO2/c1-12(10-13-4-5-13)17-9-8-14-6-7-15(18-2)16(11-14)19-3/h6-7,11-13,17H,4-5,8-10H2,1-3H3. The molecule has 3 nitrogen and oxygen atoms in total. The fourth-order valence-electron chi connectivity index (χ4n) is 2.44. The van der Waals surface area contributed by atoms with Crippen LogP contribution in [-0.2, 0) is 6.42 Å². The van der Waals surface area contributed by atoms with Gasteiger partial charge >= 0.3 is 0 Å². The Hall–Kier alpha value is -1.22. The Labute approximate surface area is 116 Å². The Balaban J connectivity index is 1.78. The van der Waals surface area contributed by atoms with Crippen LogP contribution in [0.5, 0.6) is 11.5 Å². The largest absolute Gasteiger partial charge is 0.493 e. The van der Waals surface area contributed by atoms with Crippen LogP contribution in [0.4, 0.5) is 0 Å². The zero-order valence-electron chi connectivity index (χ0n) is 12.2. The van der Waals surface area contributed by atoms with Crippen LogP contribution in [0.3, 0.4) is 0 Å². The van der Waals surface area contributed by atoms with Gasteiger partial charge in [-0.25, -0.2) is 0 Å². The Morgan fingerprint density at radius 2 is 1.95 bits per heavy atom. The molecule has 0 aromatic heterocycles. The van der Waals surface area contributed by atoms with Gasteiger partial charge in [0.15, 0.2) is 11.5 Å². The molecule has 1 saturated carbocycles. The van der Waals surface area contributed by atoms with Crippen molar-refractivity contribution in [2.75, 3.05) is 20.8 Å². The van der Waals surface area contributed by atoms with Crippen molar-refractivity contribution in [3.05, 3.63) is 23.8 Å². The van der Waals surface area contributed by atoms with Gasteiger partial charge in [0.1, 0.15) is 0 Å². The van der Waals surface area contributed by atoms with Crippen molar-refractivity contribution in [3.8, 4) is 11.5 Å². The molecule has 0 bridgehead atoms. The molecule has 0 spiro atoms. The highest BCUT2D eigenvalue weighted by molar-refractivity contribution is 5.42. The average molecular weight is 263 g/mol. The van der Waals surface area contributed by atoms with E-state index < -0.39 is 0 Å². The summed E-state index contributed by atoms with van der Waals surface area (Å²) in [5.41, 5.74) is 1.28. The van der Waals surface area contributed by atoms with Gasteiger partial charge in [0.2, 0.25) is 0 Å². The first kappa shape index (κ1) is 14.2. The van der Waals surface area contributed by atoms with Gasteiger partial charge < -0.3 is 14.8 Å². The van der Waals surface area contributed by atoms with Gasteiger partial charge in [-0.05, 0) is 49.9 Å². The molecule has 1 N–H and O–H groups in total. The molecule has 0 saturated heterocycles. The minimum absolute atomic E-state index is 0.632. The van der Waals surface area contributed by atoms with Gasteiger partial charge in [0.05, 0.1) is 14.2 Å². The monoisotopic (exact) mass is 263 g/mol. The fraction of sp³-hybridized carbons (Fsp3) is 0.625. The molecule has 0 radical (unpaired) electrons. The molecule has 0 heterocycles. The first-order valence-corrected chi connectivity index (χ1v) is 7.17. The molecule has 1 aliphatic rings. The lowest BCUT2D eigenvalue weighted by atomic mass is 10.1. The SMILES string of the molecule is COc1ccc(CCNC(C)CC2CC2)cc1OC. The number of nitrogens with one attached hydrogen (secondary N) is 1. The third-order valence-corrected chi connectivity index (χ3v) is 3.74. The van der Waals surface area contributed by atoms with Crippen LogP contribution in [0.15, 0.2) is 18.2 Å². The molecule has 0 amide bonds.